The number of ether oxygens (including phenoxy) is 1. The monoisotopic (exact) mass is 497 g/mol. The Hall–Kier alpha value is -1.71. The molecule has 0 unspecified atom stereocenters. The Bertz CT molecular complexity index is 960. The molecule has 190 valence electrons. The molecule has 2 fully saturated rings. The number of carbonyl (C=O) groups is 1. The van der Waals surface area contributed by atoms with Gasteiger partial charge in [0.05, 0.1) is 24.2 Å². The molecule has 2 heterocycles. The van der Waals surface area contributed by atoms with Gasteiger partial charge in [0.2, 0.25) is 5.92 Å². The lowest BCUT2D eigenvalue weighted by Crippen LogP contribution is -2.30. The molecule has 1 N–H and O–H groups in total. The van der Waals surface area contributed by atoms with E-state index >= 15 is 0 Å². The standard InChI is InChI=1S/C23H33F2N3OS.C2H4O2/c1-4-22(2,3)21-26-19-15-18(30-27-11-13-29-14-12-27)5-6-20(19)28(21)16-17-7-9-23(24,25)10-8-17;1-2(3)4/h5-6,15,17H,4,7-14,16H2,1-3H3;1H3,(H,3,4). The number of rotatable bonds is 6. The van der Waals surface area contributed by atoms with E-state index in [1.807, 2.05) is 0 Å². The maximum atomic E-state index is 13.6. The molecule has 1 saturated carbocycles. The summed E-state index contributed by atoms with van der Waals surface area (Å²) in [6.45, 7) is 11.9. The molecule has 9 heteroatoms. The van der Waals surface area contributed by atoms with Crippen LogP contribution in [-0.4, -0.2) is 57.2 Å². The quantitative estimate of drug-likeness (QED) is 0.495. The molecule has 1 aliphatic heterocycles. The van der Waals surface area contributed by atoms with Gasteiger partial charge >= 0.3 is 0 Å². The normalized spacial score (nSPS) is 19.6. The smallest absolute Gasteiger partial charge is 0.300 e. The first-order valence-corrected chi connectivity index (χ1v) is 12.9. The number of hydrogen-bond donors (Lipinski definition) is 1. The Morgan fingerprint density at radius 3 is 2.47 bits per heavy atom. The van der Waals surface area contributed by atoms with E-state index in [0.717, 1.165) is 63.1 Å². The number of aromatic nitrogens is 2. The Morgan fingerprint density at radius 1 is 1.26 bits per heavy atom. The van der Waals surface area contributed by atoms with Crippen LogP contribution in [0, 0.1) is 5.92 Å². The molecule has 2 aliphatic rings. The third-order valence-corrected chi connectivity index (χ3v) is 7.78. The molecule has 0 amide bonds. The molecule has 1 saturated heterocycles. The number of fused-ring (bicyclic) bond motifs is 1. The van der Waals surface area contributed by atoms with E-state index in [1.165, 1.54) is 4.90 Å². The topological polar surface area (TPSA) is 67.6 Å². The maximum Gasteiger partial charge on any atom is 0.300 e. The molecular weight excluding hydrogens is 460 g/mol. The molecule has 1 aromatic carbocycles. The van der Waals surface area contributed by atoms with Crippen molar-refractivity contribution in [2.45, 2.75) is 82.6 Å². The van der Waals surface area contributed by atoms with Crippen LogP contribution in [0.2, 0.25) is 0 Å². The van der Waals surface area contributed by atoms with Crippen molar-refractivity contribution < 1.29 is 23.4 Å². The zero-order valence-electron chi connectivity index (χ0n) is 20.6. The predicted molar refractivity (Wildman–Crippen MR) is 132 cm³/mol. The molecule has 6 nitrogen and oxygen atoms in total. The summed E-state index contributed by atoms with van der Waals surface area (Å²) in [7, 11) is 0. The first kappa shape index (κ1) is 26.9. The van der Waals surface area contributed by atoms with Gasteiger partial charge in [0.15, 0.2) is 0 Å². The Morgan fingerprint density at radius 2 is 1.88 bits per heavy atom. The summed E-state index contributed by atoms with van der Waals surface area (Å²) < 4.78 is 37.4. The second kappa shape index (κ2) is 11.4. The summed E-state index contributed by atoms with van der Waals surface area (Å²) in [5.74, 6) is -1.95. The lowest BCUT2D eigenvalue weighted by Gasteiger charge is -2.30. The summed E-state index contributed by atoms with van der Waals surface area (Å²) in [4.78, 5) is 15.2. The highest BCUT2D eigenvalue weighted by atomic mass is 32.2. The highest BCUT2D eigenvalue weighted by Crippen LogP contribution is 2.39. The molecule has 34 heavy (non-hydrogen) atoms. The summed E-state index contributed by atoms with van der Waals surface area (Å²) in [6, 6.07) is 6.51. The first-order valence-electron chi connectivity index (χ1n) is 12.1. The van der Waals surface area contributed by atoms with E-state index in [-0.39, 0.29) is 24.2 Å². The van der Waals surface area contributed by atoms with Crippen LogP contribution in [0.1, 0.15) is 65.6 Å². The molecular formula is C25H37F2N3O3S. The zero-order chi connectivity index (χ0) is 24.9. The van der Waals surface area contributed by atoms with E-state index in [9.17, 15) is 8.78 Å². The van der Waals surface area contributed by atoms with Gasteiger partial charge in [0.25, 0.3) is 5.97 Å². The minimum atomic E-state index is -2.48. The van der Waals surface area contributed by atoms with Crippen LogP contribution in [-0.2, 0) is 21.5 Å². The minimum Gasteiger partial charge on any atom is -0.481 e. The number of imidazole rings is 1. The van der Waals surface area contributed by atoms with Crippen molar-refractivity contribution in [3.63, 3.8) is 0 Å². The van der Waals surface area contributed by atoms with Gasteiger partial charge < -0.3 is 14.4 Å². The fourth-order valence-electron chi connectivity index (χ4n) is 4.35. The van der Waals surface area contributed by atoms with Crippen molar-refractivity contribution in [2.75, 3.05) is 26.3 Å². The van der Waals surface area contributed by atoms with Gasteiger partial charge in [-0.25, -0.2) is 18.1 Å². The van der Waals surface area contributed by atoms with Gasteiger partial charge in [-0.3, -0.25) is 4.79 Å². The largest absolute Gasteiger partial charge is 0.481 e. The van der Waals surface area contributed by atoms with E-state index in [2.05, 4.69) is 47.8 Å². The van der Waals surface area contributed by atoms with Crippen LogP contribution in [0.4, 0.5) is 8.78 Å². The number of aliphatic carboxylic acids is 1. The maximum absolute atomic E-state index is 13.6. The highest BCUT2D eigenvalue weighted by Gasteiger charge is 2.36. The molecule has 4 rings (SSSR count). The molecule has 0 radical (unpaired) electrons. The Kier molecular flexibility index (Phi) is 8.98. The van der Waals surface area contributed by atoms with E-state index in [4.69, 9.17) is 19.6 Å². The fourth-order valence-corrected chi connectivity index (χ4v) is 5.28. The van der Waals surface area contributed by atoms with Crippen molar-refractivity contribution >= 4 is 29.0 Å². The van der Waals surface area contributed by atoms with Crippen LogP contribution in [0.5, 0.6) is 0 Å². The van der Waals surface area contributed by atoms with Crippen LogP contribution >= 0.6 is 11.9 Å². The lowest BCUT2D eigenvalue weighted by atomic mass is 9.85. The third kappa shape index (κ3) is 7.15. The number of alkyl halides is 2. The average Bonchev–Trinajstić information content (AvgIpc) is 3.14. The molecule has 1 aliphatic carbocycles. The van der Waals surface area contributed by atoms with Gasteiger partial charge in [-0.1, -0.05) is 20.8 Å². The molecule has 1 aromatic heterocycles. The number of carboxylic acid groups (broad SMARTS) is 1. The summed E-state index contributed by atoms with van der Waals surface area (Å²) in [5, 5.41) is 7.42. The number of hydrogen-bond acceptors (Lipinski definition) is 5. The fraction of sp³-hybridized carbons (Fsp3) is 0.680. The van der Waals surface area contributed by atoms with Crippen molar-refractivity contribution in [1.82, 2.24) is 13.9 Å². The van der Waals surface area contributed by atoms with Crippen LogP contribution in [0.25, 0.3) is 11.0 Å². The first-order chi connectivity index (χ1) is 16.0. The number of nitrogens with zero attached hydrogens (tertiary/aromatic N) is 3. The summed E-state index contributed by atoms with van der Waals surface area (Å²) in [5.41, 5.74) is 2.07. The van der Waals surface area contributed by atoms with Crippen molar-refractivity contribution in [3.8, 4) is 0 Å². The molecule has 0 bridgehead atoms. The predicted octanol–water partition coefficient (Wildman–Crippen LogP) is 5.98. The molecule has 2 aromatic rings. The summed E-state index contributed by atoms with van der Waals surface area (Å²) in [6.07, 6.45) is 2.18. The van der Waals surface area contributed by atoms with E-state index in [1.54, 1.807) is 11.9 Å². The average molecular weight is 498 g/mol. The van der Waals surface area contributed by atoms with Gasteiger partial charge in [0.1, 0.15) is 5.82 Å². The number of halogens is 2. The zero-order valence-corrected chi connectivity index (χ0v) is 21.5. The van der Waals surface area contributed by atoms with Gasteiger partial charge in [-0.05, 0) is 55.3 Å². The van der Waals surface area contributed by atoms with Gasteiger partial charge in [-0.15, -0.1) is 0 Å². The van der Waals surface area contributed by atoms with Crippen LogP contribution in [0.3, 0.4) is 0 Å². The second-order valence-corrected chi connectivity index (χ2v) is 11.1. The number of benzene rings is 1. The minimum absolute atomic E-state index is 0.0110. The van der Waals surface area contributed by atoms with Crippen LogP contribution < -0.4 is 0 Å². The second-order valence-electron chi connectivity index (χ2n) is 9.88. The van der Waals surface area contributed by atoms with Crippen LogP contribution in [0.15, 0.2) is 23.1 Å². The van der Waals surface area contributed by atoms with Gasteiger partial charge in [0, 0.05) is 49.7 Å². The van der Waals surface area contributed by atoms with E-state index in [0.29, 0.717) is 12.8 Å². The lowest BCUT2D eigenvalue weighted by molar-refractivity contribution is -0.134. The van der Waals surface area contributed by atoms with Gasteiger partial charge in [-0.2, -0.15) is 0 Å². The molecule has 0 spiro atoms. The third-order valence-electron chi connectivity index (χ3n) is 6.69. The van der Waals surface area contributed by atoms with Crippen molar-refractivity contribution in [1.29, 1.82) is 0 Å². The SMILES string of the molecule is CC(=O)O.CCC(C)(C)c1nc2cc(SN3CCOCC3)ccc2n1CC1CCC(F)(F)CC1. The van der Waals surface area contributed by atoms with Crippen molar-refractivity contribution in [2.24, 2.45) is 5.92 Å². The van der Waals surface area contributed by atoms with E-state index < -0.39 is 11.9 Å². The van der Waals surface area contributed by atoms with Crippen molar-refractivity contribution in [3.05, 3.63) is 24.0 Å². The highest BCUT2D eigenvalue weighted by molar-refractivity contribution is 7.97. The number of carboxylic acids is 1. The summed E-state index contributed by atoms with van der Waals surface area (Å²) >= 11 is 1.76. The Balaban J connectivity index is 0.000000751. The Labute approximate surface area is 205 Å². The molecule has 0 atom stereocenters. The number of morpholine rings is 1.